The summed E-state index contributed by atoms with van der Waals surface area (Å²) in [5.74, 6) is 0.0271. The summed E-state index contributed by atoms with van der Waals surface area (Å²) >= 11 is 5.85. The molecular formula is C17H15ClN4O. The average molecular weight is 327 g/mol. The third-order valence-corrected chi connectivity index (χ3v) is 4.14. The highest BCUT2D eigenvalue weighted by atomic mass is 35.5. The van der Waals surface area contributed by atoms with E-state index in [4.69, 9.17) is 16.9 Å². The molecule has 5 nitrogen and oxygen atoms in total. The van der Waals surface area contributed by atoms with Crippen molar-refractivity contribution in [3.8, 4) is 6.07 Å². The van der Waals surface area contributed by atoms with Crippen molar-refractivity contribution in [1.82, 2.24) is 9.88 Å². The molecular weight excluding hydrogens is 312 g/mol. The fourth-order valence-corrected chi connectivity index (χ4v) is 2.71. The van der Waals surface area contributed by atoms with Gasteiger partial charge in [0.1, 0.15) is 11.8 Å². The maximum absolute atomic E-state index is 12.5. The van der Waals surface area contributed by atoms with Gasteiger partial charge in [-0.25, -0.2) is 4.98 Å². The molecule has 23 heavy (non-hydrogen) atoms. The van der Waals surface area contributed by atoms with Crippen LogP contribution < -0.4 is 4.90 Å². The maximum atomic E-state index is 12.5. The summed E-state index contributed by atoms with van der Waals surface area (Å²) in [7, 11) is 0. The van der Waals surface area contributed by atoms with E-state index in [0.717, 1.165) is 18.8 Å². The minimum absolute atomic E-state index is 0.0271. The molecule has 1 aromatic carbocycles. The van der Waals surface area contributed by atoms with Gasteiger partial charge in [-0.3, -0.25) is 4.79 Å². The van der Waals surface area contributed by atoms with Gasteiger partial charge >= 0.3 is 0 Å². The molecule has 1 saturated heterocycles. The van der Waals surface area contributed by atoms with Crippen molar-refractivity contribution < 1.29 is 4.79 Å². The number of carbonyl (C=O) groups excluding carboxylic acids is 1. The van der Waals surface area contributed by atoms with E-state index < -0.39 is 0 Å². The number of carbonyl (C=O) groups is 1. The van der Waals surface area contributed by atoms with E-state index in [1.807, 2.05) is 17.0 Å². The number of amides is 1. The molecule has 1 amide bonds. The molecule has 0 aliphatic carbocycles. The van der Waals surface area contributed by atoms with Crippen LogP contribution in [0.5, 0.6) is 0 Å². The van der Waals surface area contributed by atoms with Gasteiger partial charge in [-0.2, -0.15) is 5.26 Å². The molecule has 0 saturated carbocycles. The standard InChI is InChI=1S/C17H15ClN4O/c18-14-3-1-13(2-4-14)17(23)22-9-7-21(8-10-22)16-6-5-15(11-19)20-12-16/h1-6,12H,7-10H2. The number of anilines is 1. The molecule has 0 atom stereocenters. The van der Waals surface area contributed by atoms with E-state index in [9.17, 15) is 4.79 Å². The molecule has 1 aliphatic heterocycles. The lowest BCUT2D eigenvalue weighted by atomic mass is 10.2. The number of benzene rings is 1. The highest BCUT2D eigenvalue weighted by Crippen LogP contribution is 2.17. The maximum Gasteiger partial charge on any atom is 0.253 e. The number of aromatic nitrogens is 1. The zero-order valence-electron chi connectivity index (χ0n) is 12.4. The normalized spacial score (nSPS) is 14.4. The molecule has 1 aromatic heterocycles. The molecule has 0 radical (unpaired) electrons. The summed E-state index contributed by atoms with van der Waals surface area (Å²) in [6.45, 7) is 2.79. The van der Waals surface area contributed by atoms with E-state index in [1.165, 1.54) is 0 Å². The molecule has 0 unspecified atom stereocenters. The van der Waals surface area contributed by atoms with Gasteiger partial charge in [0, 0.05) is 36.8 Å². The highest BCUT2D eigenvalue weighted by Gasteiger charge is 2.22. The van der Waals surface area contributed by atoms with Gasteiger partial charge in [-0.1, -0.05) is 11.6 Å². The first-order chi connectivity index (χ1) is 11.2. The fraction of sp³-hybridized carbons (Fsp3) is 0.235. The van der Waals surface area contributed by atoms with Crippen LogP contribution in [0.3, 0.4) is 0 Å². The Kier molecular flexibility index (Phi) is 4.45. The average Bonchev–Trinajstić information content (AvgIpc) is 2.62. The van der Waals surface area contributed by atoms with Crippen molar-refractivity contribution in [3.05, 3.63) is 58.9 Å². The zero-order chi connectivity index (χ0) is 16.2. The number of hydrogen-bond acceptors (Lipinski definition) is 4. The first-order valence-electron chi connectivity index (χ1n) is 7.33. The van der Waals surface area contributed by atoms with Crippen molar-refractivity contribution >= 4 is 23.2 Å². The lowest BCUT2D eigenvalue weighted by Gasteiger charge is -2.36. The zero-order valence-corrected chi connectivity index (χ0v) is 13.2. The van der Waals surface area contributed by atoms with Crippen molar-refractivity contribution in [2.24, 2.45) is 0 Å². The third kappa shape index (κ3) is 3.43. The summed E-state index contributed by atoms with van der Waals surface area (Å²) < 4.78 is 0. The first-order valence-corrected chi connectivity index (χ1v) is 7.71. The Bertz CT molecular complexity index is 729. The highest BCUT2D eigenvalue weighted by molar-refractivity contribution is 6.30. The quantitative estimate of drug-likeness (QED) is 0.851. The summed E-state index contributed by atoms with van der Waals surface area (Å²) in [4.78, 5) is 20.6. The predicted octanol–water partition coefficient (Wildman–Crippen LogP) is 2.57. The van der Waals surface area contributed by atoms with Gasteiger partial charge in [-0.15, -0.1) is 0 Å². The molecule has 0 bridgehead atoms. The minimum Gasteiger partial charge on any atom is -0.367 e. The van der Waals surface area contributed by atoms with Gasteiger partial charge in [-0.05, 0) is 36.4 Å². The second-order valence-electron chi connectivity index (χ2n) is 5.30. The number of pyridine rings is 1. The van der Waals surface area contributed by atoms with Crippen LogP contribution >= 0.6 is 11.6 Å². The lowest BCUT2D eigenvalue weighted by Crippen LogP contribution is -2.48. The number of halogens is 1. The van der Waals surface area contributed by atoms with Gasteiger partial charge in [0.2, 0.25) is 0 Å². The Morgan fingerprint density at radius 1 is 1.09 bits per heavy atom. The molecule has 3 rings (SSSR count). The number of nitriles is 1. The van der Waals surface area contributed by atoms with Crippen LogP contribution in [-0.2, 0) is 0 Å². The van der Waals surface area contributed by atoms with Gasteiger partial charge < -0.3 is 9.80 Å². The van der Waals surface area contributed by atoms with Crippen LogP contribution in [0.4, 0.5) is 5.69 Å². The molecule has 2 heterocycles. The van der Waals surface area contributed by atoms with Crippen molar-refractivity contribution in [2.75, 3.05) is 31.1 Å². The second kappa shape index (κ2) is 6.67. The number of piperazine rings is 1. The molecule has 2 aromatic rings. The monoisotopic (exact) mass is 326 g/mol. The molecule has 6 heteroatoms. The van der Waals surface area contributed by atoms with Crippen LogP contribution in [0.25, 0.3) is 0 Å². The van der Waals surface area contributed by atoms with Gasteiger partial charge in [0.05, 0.1) is 11.9 Å². The number of hydrogen-bond donors (Lipinski definition) is 0. The molecule has 116 valence electrons. The Hall–Kier alpha value is -2.58. The van der Waals surface area contributed by atoms with Crippen molar-refractivity contribution in [2.45, 2.75) is 0 Å². The smallest absolute Gasteiger partial charge is 0.253 e. The van der Waals surface area contributed by atoms with Crippen LogP contribution in [-0.4, -0.2) is 42.0 Å². The predicted molar refractivity (Wildman–Crippen MR) is 88.5 cm³/mol. The Labute approximate surface area is 139 Å². The molecule has 1 fully saturated rings. The van der Waals surface area contributed by atoms with E-state index >= 15 is 0 Å². The Morgan fingerprint density at radius 2 is 1.78 bits per heavy atom. The minimum atomic E-state index is 0.0271. The van der Waals surface area contributed by atoms with Crippen LogP contribution in [0.2, 0.25) is 5.02 Å². The van der Waals surface area contributed by atoms with Crippen LogP contribution in [0, 0.1) is 11.3 Å². The molecule has 1 aliphatic rings. The summed E-state index contributed by atoms with van der Waals surface area (Å²) in [6.07, 6.45) is 1.70. The number of rotatable bonds is 2. The second-order valence-corrected chi connectivity index (χ2v) is 5.74. The van der Waals surface area contributed by atoms with Crippen LogP contribution in [0.15, 0.2) is 42.6 Å². The largest absolute Gasteiger partial charge is 0.367 e. The SMILES string of the molecule is N#Cc1ccc(N2CCN(C(=O)c3ccc(Cl)cc3)CC2)cn1. The number of nitrogens with zero attached hydrogens (tertiary/aromatic N) is 4. The third-order valence-electron chi connectivity index (χ3n) is 3.89. The summed E-state index contributed by atoms with van der Waals surface area (Å²) in [5.41, 5.74) is 2.04. The summed E-state index contributed by atoms with van der Waals surface area (Å²) in [6, 6.07) is 12.6. The molecule has 0 N–H and O–H groups in total. The van der Waals surface area contributed by atoms with Gasteiger partial charge in [0.15, 0.2) is 0 Å². The first kappa shape index (κ1) is 15.3. The van der Waals surface area contributed by atoms with E-state index in [0.29, 0.717) is 29.4 Å². The van der Waals surface area contributed by atoms with E-state index in [-0.39, 0.29) is 5.91 Å². The molecule has 0 spiro atoms. The van der Waals surface area contributed by atoms with Crippen molar-refractivity contribution in [3.63, 3.8) is 0 Å². The fourth-order valence-electron chi connectivity index (χ4n) is 2.58. The Morgan fingerprint density at radius 3 is 2.35 bits per heavy atom. The Balaban J connectivity index is 1.62. The topological polar surface area (TPSA) is 60.2 Å². The van der Waals surface area contributed by atoms with E-state index in [1.54, 1.807) is 36.5 Å². The van der Waals surface area contributed by atoms with Gasteiger partial charge in [0.25, 0.3) is 5.91 Å². The summed E-state index contributed by atoms with van der Waals surface area (Å²) in [5, 5.41) is 9.41. The lowest BCUT2D eigenvalue weighted by molar-refractivity contribution is 0.0747. The van der Waals surface area contributed by atoms with E-state index in [2.05, 4.69) is 9.88 Å². The van der Waals surface area contributed by atoms with Crippen molar-refractivity contribution in [1.29, 1.82) is 5.26 Å². The van der Waals surface area contributed by atoms with Crippen LogP contribution in [0.1, 0.15) is 16.1 Å².